The lowest BCUT2D eigenvalue weighted by Gasteiger charge is -2.08. The van der Waals surface area contributed by atoms with Crippen LogP contribution in [0.25, 0.3) is 0 Å². The van der Waals surface area contributed by atoms with Crippen molar-refractivity contribution in [2.45, 2.75) is 11.8 Å². The molecule has 29 heavy (non-hydrogen) atoms. The van der Waals surface area contributed by atoms with Crippen molar-refractivity contribution in [3.8, 4) is 0 Å². The van der Waals surface area contributed by atoms with E-state index >= 15 is 0 Å². The summed E-state index contributed by atoms with van der Waals surface area (Å²) in [4.78, 5) is 25.2. The minimum Gasteiger partial charge on any atom is -0.323 e. The van der Waals surface area contributed by atoms with Crippen molar-refractivity contribution in [3.05, 3.63) is 88.1 Å². The van der Waals surface area contributed by atoms with Gasteiger partial charge in [-0.05, 0) is 61.5 Å². The minimum absolute atomic E-state index is 0.143. The van der Waals surface area contributed by atoms with Crippen LogP contribution in [0.2, 0.25) is 0 Å². The molecule has 3 aromatic carbocycles. The van der Waals surface area contributed by atoms with Crippen molar-refractivity contribution in [1.29, 1.82) is 0 Å². The van der Waals surface area contributed by atoms with Gasteiger partial charge in [-0.15, -0.1) is 11.8 Å². The van der Waals surface area contributed by atoms with Gasteiger partial charge >= 0.3 is 0 Å². The van der Waals surface area contributed by atoms with Gasteiger partial charge in [-0.25, -0.2) is 4.39 Å². The summed E-state index contributed by atoms with van der Waals surface area (Å²) >= 11 is 4.50. The van der Waals surface area contributed by atoms with E-state index in [1.807, 2.05) is 31.2 Å². The standard InChI is InChI=1S/C22H18BrFN2O2S/c1-14-2-4-15(5-3-14)22(28)25-17-7-9-18(10-8-17)29-13-21(27)26-20-11-6-16(23)12-19(20)24/h2-12H,13H2,1H3,(H,25,28)(H,26,27). The highest BCUT2D eigenvalue weighted by atomic mass is 79.9. The van der Waals surface area contributed by atoms with Crippen molar-refractivity contribution in [2.75, 3.05) is 16.4 Å². The first-order valence-corrected chi connectivity index (χ1v) is 10.5. The lowest BCUT2D eigenvalue weighted by atomic mass is 10.1. The fourth-order valence-corrected chi connectivity index (χ4v) is 3.50. The van der Waals surface area contributed by atoms with E-state index < -0.39 is 5.82 Å². The zero-order chi connectivity index (χ0) is 20.8. The van der Waals surface area contributed by atoms with Crippen molar-refractivity contribution in [2.24, 2.45) is 0 Å². The van der Waals surface area contributed by atoms with Crippen LogP contribution in [-0.4, -0.2) is 17.6 Å². The van der Waals surface area contributed by atoms with E-state index in [-0.39, 0.29) is 23.3 Å². The zero-order valence-corrected chi connectivity index (χ0v) is 17.9. The molecule has 148 valence electrons. The van der Waals surface area contributed by atoms with Gasteiger partial charge in [0.25, 0.3) is 5.91 Å². The molecule has 0 aliphatic heterocycles. The SMILES string of the molecule is Cc1ccc(C(=O)Nc2ccc(SCC(=O)Nc3ccc(Br)cc3F)cc2)cc1. The fraction of sp³-hybridized carbons (Fsp3) is 0.0909. The largest absolute Gasteiger partial charge is 0.323 e. The van der Waals surface area contributed by atoms with Crippen LogP contribution in [0, 0.1) is 12.7 Å². The number of carbonyl (C=O) groups excluding carboxylic acids is 2. The molecule has 0 bridgehead atoms. The van der Waals surface area contributed by atoms with Gasteiger partial charge in [0.05, 0.1) is 11.4 Å². The molecule has 2 N–H and O–H groups in total. The van der Waals surface area contributed by atoms with E-state index in [0.717, 1.165) is 10.5 Å². The average molecular weight is 473 g/mol. The fourth-order valence-electron chi connectivity index (χ4n) is 2.47. The predicted molar refractivity (Wildman–Crippen MR) is 119 cm³/mol. The lowest BCUT2D eigenvalue weighted by molar-refractivity contribution is -0.113. The summed E-state index contributed by atoms with van der Waals surface area (Å²) in [5.41, 5.74) is 2.50. The zero-order valence-electron chi connectivity index (χ0n) is 15.5. The molecule has 0 aliphatic rings. The summed E-state index contributed by atoms with van der Waals surface area (Å²) in [6.45, 7) is 1.97. The molecule has 3 aromatic rings. The number of benzene rings is 3. The van der Waals surface area contributed by atoms with Gasteiger partial charge in [0.2, 0.25) is 5.91 Å². The number of hydrogen-bond acceptors (Lipinski definition) is 3. The second-order valence-corrected chi connectivity index (χ2v) is 8.27. The van der Waals surface area contributed by atoms with Gasteiger partial charge in [-0.3, -0.25) is 9.59 Å². The average Bonchev–Trinajstić information content (AvgIpc) is 2.70. The number of anilines is 2. The van der Waals surface area contributed by atoms with Gasteiger partial charge in [-0.2, -0.15) is 0 Å². The molecular formula is C22H18BrFN2O2S. The molecule has 4 nitrogen and oxygen atoms in total. The van der Waals surface area contributed by atoms with Crippen molar-refractivity contribution < 1.29 is 14.0 Å². The molecule has 0 heterocycles. The van der Waals surface area contributed by atoms with Gasteiger partial charge in [0.15, 0.2) is 0 Å². The molecule has 0 saturated heterocycles. The number of thioether (sulfide) groups is 1. The van der Waals surface area contributed by atoms with Crippen LogP contribution in [0.4, 0.5) is 15.8 Å². The highest BCUT2D eigenvalue weighted by Crippen LogP contribution is 2.23. The Hall–Kier alpha value is -2.64. The summed E-state index contributed by atoms with van der Waals surface area (Å²) in [5.74, 6) is -0.828. The molecule has 0 unspecified atom stereocenters. The second-order valence-electron chi connectivity index (χ2n) is 6.31. The van der Waals surface area contributed by atoms with Crippen LogP contribution in [0.3, 0.4) is 0 Å². The molecule has 7 heteroatoms. The highest BCUT2D eigenvalue weighted by molar-refractivity contribution is 9.10. The molecule has 0 saturated carbocycles. The van der Waals surface area contributed by atoms with Crippen molar-refractivity contribution >= 4 is 50.9 Å². The number of aryl methyl sites for hydroxylation is 1. The van der Waals surface area contributed by atoms with Gasteiger partial charge in [0.1, 0.15) is 5.82 Å². The number of halogens is 2. The third-order valence-electron chi connectivity index (χ3n) is 4.00. The molecule has 2 amide bonds. The van der Waals surface area contributed by atoms with E-state index in [1.54, 1.807) is 30.3 Å². The molecule has 0 aliphatic carbocycles. The normalized spacial score (nSPS) is 10.4. The van der Waals surface area contributed by atoms with Crippen LogP contribution in [0.5, 0.6) is 0 Å². The number of hydrogen-bond donors (Lipinski definition) is 2. The Balaban J connectivity index is 1.51. The molecule has 0 atom stereocenters. The number of amides is 2. The van der Waals surface area contributed by atoms with E-state index in [0.29, 0.717) is 15.7 Å². The monoisotopic (exact) mass is 472 g/mol. The van der Waals surface area contributed by atoms with E-state index in [4.69, 9.17) is 0 Å². The molecule has 0 aromatic heterocycles. The molecule has 0 radical (unpaired) electrons. The summed E-state index contributed by atoms with van der Waals surface area (Å²) in [5, 5.41) is 5.39. The molecule has 3 rings (SSSR count). The maximum Gasteiger partial charge on any atom is 0.255 e. The van der Waals surface area contributed by atoms with Crippen LogP contribution < -0.4 is 10.6 Å². The van der Waals surface area contributed by atoms with E-state index in [1.165, 1.54) is 23.9 Å². The minimum atomic E-state index is -0.494. The lowest BCUT2D eigenvalue weighted by Crippen LogP contribution is -2.15. The Morgan fingerprint density at radius 2 is 1.66 bits per heavy atom. The van der Waals surface area contributed by atoms with Crippen LogP contribution in [-0.2, 0) is 4.79 Å². The summed E-state index contributed by atoms with van der Waals surface area (Å²) < 4.78 is 14.4. The second kappa shape index (κ2) is 9.71. The third kappa shape index (κ3) is 6.17. The third-order valence-corrected chi connectivity index (χ3v) is 5.51. The van der Waals surface area contributed by atoms with Crippen molar-refractivity contribution in [3.63, 3.8) is 0 Å². The highest BCUT2D eigenvalue weighted by Gasteiger charge is 2.09. The van der Waals surface area contributed by atoms with Crippen LogP contribution in [0.15, 0.2) is 76.1 Å². The van der Waals surface area contributed by atoms with Crippen LogP contribution in [0.1, 0.15) is 15.9 Å². The summed E-state index contributed by atoms with van der Waals surface area (Å²) in [7, 11) is 0. The Kier molecular flexibility index (Phi) is 7.06. The van der Waals surface area contributed by atoms with Crippen LogP contribution >= 0.6 is 27.7 Å². The molecular weight excluding hydrogens is 455 g/mol. The summed E-state index contributed by atoms with van der Waals surface area (Å²) in [6, 6.07) is 19.0. The first-order valence-electron chi connectivity index (χ1n) is 8.76. The quantitative estimate of drug-likeness (QED) is 0.440. The van der Waals surface area contributed by atoms with Crippen molar-refractivity contribution in [1.82, 2.24) is 0 Å². The number of nitrogens with one attached hydrogen (secondary N) is 2. The predicted octanol–water partition coefficient (Wildman–Crippen LogP) is 5.88. The van der Waals surface area contributed by atoms with E-state index in [9.17, 15) is 14.0 Å². The van der Waals surface area contributed by atoms with Gasteiger partial charge < -0.3 is 10.6 Å². The Bertz CT molecular complexity index is 1020. The smallest absolute Gasteiger partial charge is 0.255 e. The topological polar surface area (TPSA) is 58.2 Å². The summed E-state index contributed by atoms with van der Waals surface area (Å²) in [6.07, 6.45) is 0. The Morgan fingerprint density at radius 3 is 2.31 bits per heavy atom. The number of rotatable bonds is 6. The maximum absolute atomic E-state index is 13.8. The first kappa shape index (κ1) is 21.1. The van der Waals surface area contributed by atoms with Gasteiger partial charge in [-0.1, -0.05) is 33.6 Å². The van der Waals surface area contributed by atoms with E-state index in [2.05, 4.69) is 26.6 Å². The van der Waals surface area contributed by atoms with Gasteiger partial charge in [0, 0.05) is 20.6 Å². The Morgan fingerprint density at radius 1 is 0.966 bits per heavy atom. The Labute approximate surface area is 181 Å². The first-order chi connectivity index (χ1) is 13.9. The maximum atomic E-state index is 13.8. The molecule has 0 spiro atoms. The number of carbonyl (C=O) groups is 2. The molecule has 0 fully saturated rings.